The standard InChI is InChI=1S/C12H22N2O5/c15-8-7-14(9-3-1-2-4-9)12(19)13-6-5-10(16)11(17)18/h9-10,15-16H,1-8H2,(H,13,19)(H,17,18). The second-order valence-electron chi connectivity index (χ2n) is 4.73. The lowest BCUT2D eigenvalue weighted by atomic mass is 10.2. The third kappa shape index (κ3) is 5.04. The molecule has 7 heteroatoms. The Kier molecular flexibility index (Phi) is 6.58. The fourth-order valence-electron chi connectivity index (χ4n) is 2.31. The molecule has 0 bridgehead atoms. The number of hydrogen-bond acceptors (Lipinski definition) is 4. The van der Waals surface area contributed by atoms with Crippen LogP contribution in [-0.4, -0.2) is 64.1 Å². The summed E-state index contributed by atoms with van der Waals surface area (Å²) < 4.78 is 0. The van der Waals surface area contributed by atoms with Gasteiger partial charge in [0, 0.05) is 25.6 Å². The van der Waals surface area contributed by atoms with Crippen LogP contribution in [0.2, 0.25) is 0 Å². The Labute approximate surface area is 112 Å². The minimum Gasteiger partial charge on any atom is -0.479 e. The Bertz CT molecular complexity index is 304. The molecular formula is C12H22N2O5. The Morgan fingerprint density at radius 2 is 1.95 bits per heavy atom. The number of carbonyl (C=O) groups is 2. The summed E-state index contributed by atoms with van der Waals surface area (Å²) in [6, 6.07) is -0.157. The van der Waals surface area contributed by atoms with E-state index in [0.717, 1.165) is 25.7 Å². The first-order valence-corrected chi connectivity index (χ1v) is 6.62. The van der Waals surface area contributed by atoms with Gasteiger partial charge in [-0.2, -0.15) is 0 Å². The van der Waals surface area contributed by atoms with Gasteiger partial charge in [0.05, 0.1) is 6.61 Å². The van der Waals surface area contributed by atoms with E-state index in [1.165, 1.54) is 0 Å². The third-order valence-corrected chi connectivity index (χ3v) is 3.35. The van der Waals surface area contributed by atoms with Crippen LogP contribution in [0, 0.1) is 0 Å². The predicted octanol–water partition coefficient (Wildman–Crippen LogP) is -0.231. The fourth-order valence-corrected chi connectivity index (χ4v) is 2.31. The zero-order valence-electron chi connectivity index (χ0n) is 10.9. The Morgan fingerprint density at radius 3 is 2.47 bits per heavy atom. The summed E-state index contributed by atoms with van der Waals surface area (Å²) in [6.07, 6.45) is 2.54. The number of rotatable bonds is 7. The number of carbonyl (C=O) groups excluding carboxylic acids is 1. The van der Waals surface area contributed by atoms with Crippen molar-refractivity contribution in [1.29, 1.82) is 0 Å². The van der Waals surface area contributed by atoms with Crippen molar-refractivity contribution in [3.05, 3.63) is 0 Å². The topological polar surface area (TPSA) is 110 Å². The molecule has 0 aromatic carbocycles. The molecule has 1 saturated carbocycles. The third-order valence-electron chi connectivity index (χ3n) is 3.35. The number of carboxylic acids is 1. The molecule has 19 heavy (non-hydrogen) atoms. The minimum atomic E-state index is -1.46. The van der Waals surface area contributed by atoms with Crippen LogP contribution in [0.4, 0.5) is 4.79 Å². The number of hydrogen-bond donors (Lipinski definition) is 4. The summed E-state index contributed by atoms with van der Waals surface area (Å²) >= 11 is 0. The Hall–Kier alpha value is -1.34. The number of aliphatic carboxylic acids is 1. The second kappa shape index (κ2) is 7.96. The van der Waals surface area contributed by atoms with E-state index in [4.69, 9.17) is 15.3 Å². The average Bonchev–Trinajstić information content (AvgIpc) is 2.88. The Morgan fingerprint density at radius 1 is 1.32 bits per heavy atom. The summed E-state index contributed by atoms with van der Waals surface area (Å²) in [5.41, 5.74) is 0. The molecule has 0 aliphatic heterocycles. The first-order chi connectivity index (χ1) is 9.06. The molecule has 0 aromatic rings. The molecule has 1 unspecified atom stereocenters. The molecule has 1 atom stereocenters. The van der Waals surface area contributed by atoms with Crippen LogP contribution >= 0.6 is 0 Å². The quantitative estimate of drug-likeness (QED) is 0.512. The molecule has 1 aliphatic rings. The molecule has 110 valence electrons. The van der Waals surface area contributed by atoms with E-state index >= 15 is 0 Å². The molecule has 0 heterocycles. The van der Waals surface area contributed by atoms with Gasteiger partial charge in [0.15, 0.2) is 6.10 Å². The number of nitrogens with zero attached hydrogens (tertiary/aromatic N) is 1. The molecule has 4 N–H and O–H groups in total. The van der Waals surface area contributed by atoms with E-state index in [0.29, 0.717) is 0 Å². The molecule has 0 radical (unpaired) electrons. The molecule has 7 nitrogen and oxygen atoms in total. The number of nitrogens with one attached hydrogen (secondary N) is 1. The van der Waals surface area contributed by atoms with Crippen molar-refractivity contribution in [2.75, 3.05) is 19.7 Å². The number of aliphatic hydroxyl groups excluding tert-OH is 2. The minimum absolute atomic E-state index is 0.0291. The molecule has 1 rings (SSSR count). The SMILES string of the molecule is O=C(O)C(O)CCNC(=O)N(CCO)C1CCCC1. The zero-order chi connectivity index (χ0) is 14.3. The number of carboxylic acid groups (broad SMARTS) is 1. The van der Waals surface area contributed by atoms with E-state index in [2.05, 4.69) is 5.32 Å². The lowest BCUT2D eigenvalue weighted by Gasteiger charge is -2.28. The molecule has 0 spiro atoms. The maximum absolute atomic E-state index is 11.9. The van der Waals surface area contributed by atoms with Gasteiger partial charge in [-0.3, -0.25) is 0 Å². The van der Waals surface area contributed by atoms with Crippen molar-refractivity contribution in [1.82, 2.24) is 10.2 Å². The first-order valence-electron chi connectivity index (χ1n) is 6.62. The lowest BCUT2D eigenvalue weighted by Crippen LogP contribution is -2.47. The van der Waals surface area contributed by atoms with Crippen molar-refractivity contribution in [3.8, 4) is 0 Å². The van der Waals surface area contributed by atoms with Crippen LogP contribution in [0.1, 0.15) is 32.1 Å². The van der Waals surface area contributed by atoms with Gasteiger partial charge < -0.3 is 25.5 Å². The number of aliphatic hydroxyl groups is 2. The summed E-state index contributed by atoms with van der Waals surface area (Å²) in [5.74, 6) is -1.29. The van der Waals surface area contributed by atoms with Crippen LogP contribution in [0.25, 0.3) is 0 Å². The normalized spacial score (nSPS) is 17.2. The van der Waals surface area contributed by atoms with Crippen LogP contribution in [0.5, 0.6) is 0 Å². The maximum Gasteiger partial charge on any atom is 0.332 e. The predicted molar refractivity (Wildman–Crippen MR) is 67.7 cm³/mol. The smallest absolute Gasteiger partial charge is 0.332 e. The highest BCUT2D eigenvalue weighted by molar-refractivity contribution is 5.75. The largest absolute Gasteiger partial charge is 0.479 e. The highest BCUT2D eigenvalue weighted by atomic mass is 16.4. The van der Waals surface area contributed by atoms with E-state index in [1.807, 2.05) is 0 Å². The van der Waals surface area contributed by atoms with Crippen molar-refractivity contribution in [2.45, 2.75) is 44.2 Å². The first kappa shape index (κ1) is 15.7. The van der Waals surface area contributed by atoms with Gasteiger partial charge >= 0.3 is 12.0 Å². The summed E-state index contributed by atoms with van der Waals surface area (Å²) in [4.78, 5) is 24.0. The van der Waals surface area contributed by atoms with Gasteiger partial charge in [0.1, 0.15) is 0 Å². The van der Waals surface area contributed by atoms with Crippen LogP contribution in [0.3, 0.4) is 0 Å². The van der Waals surface area contributed by atoms with Gasteiger partial charge in [-0.25, -0.2) is 9.59 Å². The molecule has 2 amide bonds. The van der Waals surface area contributed by atoms with Gasteiger partial charge in [-0.15, -0.1) is 0 Å². The van der Waals surface area contributed by atoms with Crippen molar-refractivity contribution < 1.29 is 24.9 Å². The Balaban J connectivity index is 2.37. The summed E-state index contributed by atoms with van der Waals surface area (Å²) in [6.45, 7) is 0.278. The van der Waals surface area contributed by atoms with E-state index in [9.17, 15) is 9.59 Å². The van der Waals surface area contributed by atoms with Crippen molar-refractivity contribution in [3.63, 3.8) is 0 Å². The molecule has 0 saturated heterocycles. The highest BCUT2D eigenvalue weighted by Crippen LogP contribution is 2.23. The van der Waals surface area contributed by atoms with Crippen molar-refractivity contribution >= 4 is 12.0 Å². The number of amides is 2. The molecule has 0 aromatic heterocycles. The maximum atomic E-state index is 11.9. The van der Waals surface area contributed by atoms with Crippen LogP contribution < -0.4 is 5.32 Å². The molecule has 1 fully saturated rings. The summed E-state index contributed by atoms with van der Waals surface area (Å²) in [5, 5.41) is 29.2. The summed E-state index contributed by atoms with van der Waals surface area (Å²) in [7, 11) is 0. The fraction of sp³-hybridized carbons (Fsp3) is 0.833. The van der Waals surface area contributed by atoms with Crippen molar-refractivity contribution in [2.24, 2.45) is 0 Å². The highest BCUT2D eigenvalue weighted by Gasteiger charge is 2.26. The van der Waals surface area contributed by atoms with E-state index < -0.39 is 12.1 Å². The average molecular weight is 274 g/mol. The van der Waals surface area contributed by atoms with Gasteiger partial charge in [0.25, 0.3) is 0 Å². The van der Waals surface area contributed by atoms with Crippen LogP contribution in [0.15, 0.2) is 0 Å². The monoisotopic (exact) mass is 274 g/mol. The van der Waals surface area contributed by atoms with Gasteiger partial charge in [-0.05, 0) is 12.8 Å². The van der Waals surface area contributed by atoms with Crippen LogP contribution in [-0.2, 0) is 4.79 Å². The number of urea groups is 1. The molecule has 1 aliphatic carbocycles. The van der Waals surface area contributed by atoms with E-state index in [1.54, 1.807) is 4.90 Å². The molecular weight excluding hydrogens is 252 g/mol. The zero-order valence-corrected chi connectivity index (χ0v) is 10.9. The van der Waals surface area contributed by atoms with E-state index in [-0.39, 0.29) is 38.2 Å². The van der Waals surface area contributed by atoms with Gasteiger partial charge in [0.2, 0.25) is 0 Å². The lowest BCUT2D eigenvalue weighted by molar-refractivity contribution is -0.146. The second-order valence-corrected chi connectivity index (χ2v) is 4.73. The van der Waals surface area contributed by atoms with Gasteiger partial charge in [-0.1, -0.05) is 12.8 Å².